The summed E-state index contributed by atoms with van der Waals surface area (Å²) in [6.45, 7) is 10.9. The summed E-state index contributed by atoms with van der Waals surface area (Å²) in [6.07, 6.45) is 7.23. The Labute approximate surface area is 218 Å². The van der Waals surface area contributed by atoms with Gasteiger partial charge in [0.1, 0.15) is 12.0 Å². The second kappa shape index (κ2) is 11.7. The summed E-state index contributed by atoms with van der Waals surface area (Å²) < 4.78 is 35.2. The molecule has 0 radical (unpaired) electrons. The fourth-order valence-corrected chi connectivity index (χ4v) is 6.19. The number of nitrogens with zero attached hydrogens (tertiary/aromatic N) is 7. The lowest BCUT2D eigenvalue weighted by atomic mass is 9.95. The first-order valence-corrected chi connectivity index (χ1v) is 14.6. The molecule has 3 aromatic heterocycles. The van der Waals surface area contributed by atoms with Gasteiger partial charge in [-0.2, -0.15) is 14.6 Å². The summed E-state index contributed by atoms with van der Waals surface area (Å²) in [5, 5.41) is 14.8. The van der Waals surface area contributed by atoms with Crippen LogP contribution < -0.4 is 10.1 Å². The number of piperidine rings is 1. The second-order valence-corrected chi connectivity index (χ2v) is 12.2. The third-order valence-electron chi connectivity index (χ3n) is 6.78. The molecule has 1 aliphatic heterocycles. The molecule has 37 heavy (non-hydrogen) atoms. The Bertz CT molecular complexity index is 1260. The van der Waals surface area contributed by atoms with Crippen molar-refractivity contribution < 1.29 is 13.2 Å². The number of hydrogen-bond acceptors (Lipinski definition) is 9. The van der Waals surface area contributed by atoms with Crippen LogP contribution in [0.1, 0.15) is 47.0 Å². The van der Waals surface area contributed by atoms with Crippen molar-refractivity contribution >= 4 is 21.6 Å². The van der Waals surface area contributed by atoms with Crippen LogP contribution in [0.5, 0.6) is 5.75 Å². The van der Waals surface area contributed by atoms with Gasteiger partial charge in [-0.3, -0.25) is 5.10 Å². The Morgan fingerprint density at radius 2 is 2.14 bits per heavy atom. The number of anilines is 1. The number of hydrogen-bond donors (Lipinski definition) is 2. The quantitative estimate of drug-likeness (QED) is 0.337. The molecule has 1 fully saturated rings. The average molecular weight is 534 g/mol. The van der Waals surface area contributed by atoms with E-state index in [1.165, 1.54) is 0 Å². The van der Waals surface area contributed by atoms with Gasteiger partial charge in [-0.15, -0.1) is 5.10 Å². The minimum Gasteiger partial charge on any atom is -0.485 e. The number of aromatic nitrogens is 6. The predicted molar refractivity (Wildman–Crippen MR) is 143 cm³/mol. The molecular weight excluding hydrogens is 494 g/mol. The van der Waals surface area contributed by atoms with E-state index in [9.17, 15) is 8.42 Å². The smallest absolute Gasteiger partial charge is 0.243 e. The molecule has 204 valence electrons. The lowest BCUT2D eigenvalue weighted by Gasteiger charge is -2.36. The molecule has 4 rings (SSSR count). The molecule has 0 aromatic carbocycles. The average Bonchev–Trinajstić information content (AvgIpc) is 3.53. The van der Waals surface area contributed by atoms with Crippen molar-refractivity contribution in [2.24, 2.45) is 5.92 Å². The van der Waals surface area contributed by atoms with Crippen molar-refractivity contribution in [1.82, 2.24) is 39.0 Å². The van der Waals surface area contributed by atoms with Gasteiger partial charge < -0.3 is 15.0 Å². The topological polar surface area (TPSA) is 134 Å². The molecule has 4 heterocycles. The Hall–Kier alpha value is -2.77. The molecule has 0 amide bonds. The van der Waals surface area contributed by atoms with Gasteiger partial charge in [0.05, 0.1) is 18.1 Å². The van der Waals surface area contributed by atoms with Crippen molar-refractivity contribution in [3.8, 4) is 17.0 Å². The van der Waals surface area contributed by atoms with Gasteiger partial charge in [-0.05, 0) is 59.2 Å². The maximum absolute atomic E-state index is 12.9. The van der Waals surface area contributed by atoms with E-state index in [0.29, 0.717) is 49.0 Å². The zero-order valence-electron chi connectivity index (χ0n) is 22.4. The summed E-state index contributed by atoms with van der Waals surface area (Å²) in [5.74, 6) is 1.31. The normalized spacial score (nSPS) is 19.2. The van der Waals surface area contributed by atoms with Crippen LogP contribution in [-0.4, -0.2) is 98.5 Å². The predicted octanol–water partition coefficient (Wildman–Crippen LogP) is 2.49. The van der Waals surface area contributed by atoms with Crippen molar-refractivity contribution in [1.29, 1.82) is 0 Å². The molecule has 0 saturated carbocycles. The lowest BCUT2D eigenvalue weighted by Crippen LogP contribution is -2.48. The Kier molecular flexibility index (Phi) is 8.65. The zero-order valence-corrected chi connectivity index (χ0v) is 23.2. The van der Waals surface area contributed by atoms with Gasteiger partial charge in [0, 0.05) is 30.9 Å². The number of rotatable bonds is 12. The molecule has 3 aromatic rings. The van der Waals surface area contributed by atoms with E-state index in [-0.39, 0.29) is 23.8 Å². The maximum atomic E-state index is 12.9. The number of aromatic amines is 1. The third-order valence-corrected chi connectivity index (χ3v) is 8.70. The van der Waals surface area contributed by atoms with Crippen LogP contribution in [0.2, 0.25) is 0 Å². The summed E-state index contributed by atoms with van der Waals surface area (Å²) in [5.41, 5.74) is 2.00. The number of ether oxygens (including phenoxy) is 1. The SMILES string of the molecule is CCN(C)CCCCS(=O)(=O)N1CC[C@H](Nc2nc3c(OC(C)C)c(-c4cn[nH]c4)ncn3n2)[C@H](C)C1. The standard InChI is InChI=1S/C24H39N9O3S/c1-6-31(5)10-7-8-12-37(34,35)32-11-9-20(18(4)15-32)28-24-29-23-22(36-17(2)3)21(19-13-26-27-14-19)25-16-33(23)30-24/h13-14,16-18,20H,6-12,15H2,1-5H3,(H,26,27)(H,28,30)/t18-,20+/m1/s1. The van der Waals surface area contributed by atoms with Gasteiger partial charge >= 0.3 is 0 Å². The fraction of sp³-hybridized carbons (Fsp3) is 0.667. The van der Waals surface area contributed by atoms with Gasteiger partial charge in [-0.1, -0.05) is 13.8 Å². The highest BCUT2D eigenvalue weighted by Crippen LogP contribution is 2.32. The number of sulfonamides is 1. The van der Waals surface area contributed by atoms with E-state index in [1.54, 1.807) is 27.5 Å². The van der Waals surface area contributed by atoms with Crippen LogP contribution in [0.3, 0.4) is 0 Å². The van der Waals surface area contributed by atoms with Crippen molar-refractivity contribution in [3.63, 3.8) is 0 Å². The monoisotopic (exact) mass is 533 g/mol. The van der Waals surface area contributed by atoms with Crippen LogP contribution in [0.15, 0.2) is 18.7 Å². The molecular formula is C24H39N9O3S. The van der Waals surface area contributed by atoms with E-state index < -0.39 is 10.0 Å². The van der Waals surface area contributed by atoms with E-state index >= 15 is 0 Å². The summed E-state index contributed by atoms with van der Waals surface area (Å²) in [4.78, 5) is 11.4. The summed E-state index contributed by atoms with van der Waals surface area (Å²) in [7, 11) is -1.21. The number of unbranched alkanes of at least 4 members (excludes halogenated alkanes) is 1. The molecule has 0 spiro atoms. The summed E-state index contributed by atoms with van der Waals surface area (Å²) >= 11 is 0. The third kappa shape index (κ3) is 6.57. The Morgan fingerprint density at radius 3 is 2.81 bits per heavy atom. The van der Waals surface area contributed by atoms with Crippen LogP contribution >= 0.6 is 0 Å². The highest BCUT2D eigenvalue weighted by Gasteiger charge is 2.33. The van der Waals surface area contributed by atoms with E-state index in [4.69, 9.17) is 9.72 Å². The maximum Gasteiger partial charge on any atom is 0.243 e. The van der Waals surface area contributed by atoms with E-state index in [0.717, 1.165) is 25.1 Å². The Balaban J connectivity index is 1.42. The molecule has 2 atom stereocenters. The van der Waals surface area contributed by atoms with Gasteiger partial charge in [0.15, 0.2) is 5.75 Å². The molecule has 12 nitrogen and oxygen atoms in total. The van der Waals surface area contributed by atoms with Gasteiger partial charge in [0.2, 0.25) is 21.6 Å². The van der Waals surface area contributed by atoms with E-state index in [1.807, 2.05) is 13.8 Å². The first-order valence-electron chi connectivity index (χ1n) is 13.0. The Morgan fingerprint density at radius 1 is 1.32 bits per heavy atom. The minimum absolute atomic E-state index is 0.0536. The van der Waals surface area contributed by atoms with Crippen molar-refractivity contribution in [2.45, 2.75) is 59.1 Å². The first-order chi connectivity index (χ1) is 17.7. The molecule has 1 aliphatic rings. The minimum atomic E-state index is -3.26. The van der Waals surface area contributed by atoms with Crippen molar-refractivity contribution in [3.05, 3.63) is 18.7 Å². The van der Waals surface area contributed by atoms with Gasteiger partial charge in [-0.25, -0.2) is 17.7 Å². The molecule has 0 unspecified atom stereocenters. The van der Waals surface area contributed by atoms with Crippen LogP contribution in [0.4, 0.5) is 5.95 Å². The largest absolute Gasteiger partial charge is 0.485 e. The van der Waals surface area contributed by atoms with Crippen LogP contribution in [-0.2, 0) is 10.0 Å². The molecule has 0 aliphatic carbocycles. The second-order valence-electron chi connectivity index (χ2n) is 10.1. The highest BCUT2D eigenvalue weighted by atomic mass is 32.2. The van der Waals surface area contributed by atoms with Crippen LogP contribution in [0.25, 0.3) is 16.9 Å². The lowest BCUT2D eigenvalue weighted by molar-refractivity contribution is 0.244. The molecule has 2 N–H and O–H groups in total. The van der Waals surface area contributed by atoms with Gasteiger partial charge in [0.25, 0.3) is 0 Å². The summed E-state index contributed by atoms with van der Waals surface area (Å²) in [6, 6.07) is 0.0536. The zero-order chi connectivity index (χ0) is 26.6. The van der Waals surface area contributed by atoms with Crippen LogP contribution in [0, 0.1) is 5.92 Å². The number of nitrogens with one attached hydrogen (secondary N) is 2. The molecule has 13 heteroatoms. The first kappa shape index (κ1) is 27.3. The highest BCUT2D eigenvalue weighted by molar-refractivity contribution is 7.89. The molecule has 1 saturated heterocycles. The van der Waals surface area contributed by atoms with Crippen molar-refractivity contribution in [2.75, 3.05) is 44.3 Å². The van der Waals surface area contributed by atoms with E-state index in [2.05, 4.69) is 51.4 Å². The number of fused-ring (bicyclic) bond motifs is 1. The molecule has 0 bridgehead atoms. The fourth-order valence-electron chi connectivity index (χ4n) is 4.52. The number of H-pyrrole nitrogens is 1.